The van der Waals surface area contributed by atoms with Gasteiger partial charge in [0.2, 0.25) is 0 Å². The van der Waals surface area contributed by atoms with Crippen LogP contribution in [0.5, 0.6) is 0 Å². The topological polar surface area (TPSA) is 26.7 Å². The smallest absolute Gasteiger partial charge is 0.0762 e. The molecule has 0 aromatic heterocycles. The van der Waals surface area contributed by atoms with Gasteiger partial charge in [0.25, 0.3) is 0 Å². The van der Waals surface area contributed by atoms with Crippen LogP contribution in [-0.2, 0) is 0 Å². The Kier molecular flexibility index (Phi) is 4.39. The minimum absolute atomic E-state index is 0.475. The van der Waals surface area contributed by atoms with Crippen LogP contribution in [0.25, 0.3) is 0 Å². The second-order valence-corrected chi connectivity index (χ2v) is 6.06. The van der Waals surface area contributed by atoms with Gasteiger partial charge in [0, 0.05) is 25.2 Å². The van der Waals surface area contributed by atoms with E-state index in [2.05, 4.69) is 30.7 Å². The highest BCUT2D eigenvalue weighted by Crippen LogP contribution is 2.31. The van der Waals surface area contributed by atoms with Gasteiger partial charge >= 0.3 is 0 Å². The van der Waals surface area contributed by atoms with Crippen LogP contribution in [0, 0.1) is 0 Å². The lowest BCUT2D eigenvalue weighted by atomic mass is 10.1. The molecule has 1 aromatic rings. The van der Waals surface area contributed by atoms with E-state index in [0.29, 0.717) is 12.1 Å². The highest BCUT2D eigenvalue weighted by Gasteiger charge is 2.27. The van der Waals surface area contributed by atoms with E-state index in [1.54, 1.807) is 6.92 Å². The molecule has 3 nitrogen and oxygen atoms in total. The van der Waals surface area contributed by atoms with Gasteiger partial charge in [0.15, 0.2) is 0 Å². The van der Waals surface area contributed by atoms with Crippen LogP contribution in [0.2, 0.25) is 5.02 Å². The van der Waals surface area contributed by atoms with Crippen LogP contribution in [-0.4, -0.2) is 42.2 Å². The zero-order valence-electron chi connectivity index (χ0n) is 12.1. The van der Waals surface area contributed by atoms with Crippen LogP contribution >= 0.6 is 11.6 Å². The summed E-state index contributed by atoms with van der Waals surface area (Å²) in [5.41, 5.74) is 1.93. The Morgan fingerprint density at radius 1 is 1.26 bits per heavy atom. The number of aliphatic hydroxyl groups excluding tert-OH is 1. The van der Waals surface area contributed by atoms with E-state index in [1.807, 2.05) is 18.2 Å². The van der Waals surface area contributed by atoms with E-state index in [9.17, 15) is 5.11 Å². The Labute approximate surface area is 120 Å². The van der Waals surface area contributed by atoms with Gasteiger partial charge in [-0.05, 0) is 45.5 Å². The van der Waals surface area contributed by atoms with E-state index in [1.165, 1.54) is 0 Å². The SMILES string of the molecule is CC1CN(c2ccc([C@@H](C)O)cc2Cl)CC(C)N1C. The molecule has 0 saturated carbocycles. The molecule has 1 aliphatic heterocycles. The maximum absolute atomic E-state index is 9.59. The summed E-state index contributed by atoms with van der Waals surface area (Å²) in [6, 6.07) is 6.87. The molecule has 3 atom stereocenters. The van der Waals surface area contributed by atoms with Crippen molar-refractivity contribution in [2.75, 3.05) is 25.0 Å². The van der Waals surface area contributed by atoms with Gasteiger partial charge in [-0.2, -0.15) is 0 Å². The monoisotopic (exact) mass is 282 g/mol. The first-order valence-electron chi connectivity index (χ1n) is 6.84. The van der Waals surface area contributed by atoms with Gasteiger partial charge < -0.3 is 10.0 Å². The molecule has 1 fully saturated rings. The van der Waals surface area contributed by atoms with Gasteiger partial charge in [-0.25, -0.2) is 0 Å². The van der Waals surface area contributed by atoms with Crippen molar-refractivity contribution < 1.29 is 5.11 Å². The number of halogens is 1. The molecular weight excluding hydrogens is 260 g/mol. The van der Waals surface area contributed by atoms with Crippen molar-refractivity contribution in [3.63, 3.8) is 0 Å². The normalized spacial score (nSPS) is 26.5. The summed E-state index contributed by atoms with van der Waals surface area (Å²) in [4.78, 5) is 4.73. The lowest BCUT2D eigenvalue weighted by Gasteiger charge is -2.43. The van der Waals surface area contributed by atoms with Crippen LogP contribution in [0.4, 0.5) is 5.69 Å². The molecule has 0 aliphatic carbocycles. The first-order valence-corrected chi connectivity index (χ1v) is 7.22. The first kappa shape index (κ1) is 14.6. The molecule has 1 N–H and O–H groups in total. The second kappa shape index (κ2) is 5.70. The van der Waals surface area contributed by atoms with E-state index in [-0.39, 0.29) is 0 Å². The van der Waals surface area contributed by atoms with E-state index >= 15 is 0 Å². The molecule has 106 valence electrons. The molecule has 0 spiro atoms. The van der Waals surface area contributed by atoms with Gasteiger partial charge in [0.1, 0.15) is 0 Å². The van der Waals surface area contributed by atoms with Gasteiger partial charge in [-0.3, -0.25) is 4.90 Å². The fourth-order valence-corrected chi connectivity index (χ4v) is 2.95. The van der Waals surface area contributed by atoms with Crippen molar-refractivity contribution in [3.8, 4) is 0 Å². The molecule has 19 heavy (non-hydrogen) atoms. The Morgan fingerprint density at radius 2 is 1.84 bits per heavy atom. The molecule has 0 amide bonds. The summed E-state index contributed by atoms with van der Waals surface area (Å²) in [7, 11) is 2.17. The van der Waals surface area contributed by atoms with Crippen LogP contribution in [0.15, 0.2) is 18.2 Å². The molecule has 0 bridgehead atoms. The van der Waals surface area contributed by atoms with Crippen LogP contribution < -0.4 is 4.90 Å². The molecule has 0 radical (unpaired) electrons. The average molecular weight is 283 g/mol. The Bertz CT molecular complexity index is 438. The number of anilines is 1. The predicted octanol–water partition coefficient (Wildman–Crippen LogP) is 2.92. The molecule has 2 unspecified atom stereocenters. The number of piperazine rings is 1. The molecular formula is C15H23ClN2O. The second-order valence-electron chi connectivity index (χ2n) is 5.66. The summed E-state index contributed by atoms with van der Waals surface area (Å²) in [6.45, 7) is 8.19. The number of likely N-dealkylation sites (N-methyl/N-ethyl adjacent to an activating group) is 1. The number of aliphatic hydroxyl groups is 1. The first-order chi connectivity index (χ1) is 8.90. The van der Waals surface area contributed by atoms with E-state index in [4.69, 9.17) is 11.6 Å². The molecule has 4 heteroatoms. The third kappa shape index (κ3) is 3.04. The van der Waals surface area contributed by atoms with Gasteiger partial charge in [-0.1, -0.05) is 17.7 Å². The van der Waals surface area contributed by atoms with Crippen molar-refractivity contribution >= 4 is 17.3 Å². The summed E-state index contributed by atoms with van der Waals surface area (Å²) in [5.74, 6) is 0. The molecule has 1 aliphatic rings. The van der Waals surface area contributed by atoms with Gasteiger partial charge in [-0.15, -0.1) is 0 Å². The molecule has 1 saturated heterocycles. The maximum atomic E-state index is 9.59. The van der Waals surface area contributed by atoms with Crippen molar-refractivity contribution in [2.24, 2.45) is 0 Å². The van der Waals surface area contributed by atoms with Crippen molar-refractivity contribution in [1.29, 1.82) is 0 Å². The Balaban J connectivity index is 2.23. The zero-order chi connectivity index (χ0) is 14.2. The molecule has 1 heterocycles. The van der Waals surface area contributed by atoms with E-state index < -0.39 is 6.10 Å². The Morgan fingerprint density at radius 3 is 2.32 bits per heavy atom. The summed E-state index contributed by atoms with van der Waals surface area (Å²) < 4.78 is 0. The third-order valence-electron chi connectivity index (χ3n) is 4.15. The quantitative estimate of drug-likeness (QED) is 0.903. The number of hydrogen-bond donors (Lipinski definition) is 1. The Hall–Kier alpha value is -0.770. The van der Waals surface area contributed by atoms with Crippen molar-refractivity contribution in [2.45, 2.75) is 39.0 Å². The fraction of sp³-hybridized carbons (Fsp3) is 0.600. The molecule has 2 rings (SSSR count). The maximum Gasteiger partial charge on any atom is 0.0762 e. The highest BCUT2D eigenvalue weighted by atomic mass is 35.5. The average Bonchev–Trinajstić information content (AvgIpc) is 2.35. The van der Waals surface area contributed by atoms with Gasteiger partial charge in [0.05, 0.1) is 16.8 Å². The largest absolute Gasteiger partial charge is 0.389 e. The minimum Gasteiger partial charge on any atom is -0.389 e. The van der Waals surface area contributed by atoms with Crippen molar-refractivity contribution in [1.82, 2.24) is 4.90 Å². The fourth-order valence-electron chi connectivity index (χ4n) is 2.64. The number of benzene rings is 1. The third-order valence-corrected chi connectivity index (χ3v) is 4.46. The predicted molar refractivity (Wildman–Crippen MR) is 81.0 cm³/mol. The zero-order valence-corrected chi connectivity index (χ0v) is 12.9. The van der Waals surface area contributed by atoms with E-state index in [0.717, 1.165) is 29.4 Å². The summed E-state index contributed by atoms with van der Waals surface area (Å²) in [5, 5.41) is 10.3. The number of rotatable bonds is 2. The summed E-state index contributed by atoms with van der Waals surface area (Å²) >= 11 is 6.37. The molecule has 1 aromatic carbocycles. The minimum atomic E-state index is -0.475. The highest BCUT2D eigenvalue weighted by molar-refractivity contribution is 6.33. The van der Waals surface area contributed by atoms with Crippen molar-refractivity contribution in [3.05, 3.63) is 28.8 Å². The standard InChI is InChI=1S/C15H23ClN2O/c1-10-8-18(9-11(2)17(10)4)15-6-5-13(12(3)19)7-14(15)16/h5-7,10-12,19H,8-9H2,1-4H3/t10?,11?,12-/m1/s1. The van der Waals surface area contributed by atoms with Crippen LogP contribution in [0.3, 0.4) is 0 Å². The lowest BCUT2D eigenvalue weighted by molar-refractivity contribution is 0.170. The number of nitrogens with zero attached hydrogens (tertiary/aromatic N) is 2. The number of hydrogen-bond acceptors (Lipinski definition) is 3. The summed E-state index contributed by atoms with van der Waals surface area (Å²) in [6.07, 6.45) is -0.475. The lowest BCUT2D eigenvalue weighted by Crippen LogP contribution is -2.55. The van der Waals surface area contributed by atoms with Crippen LogP contribution in [0.1, 0.15) is 32.4 Å².